The van der Waals surface area contributed by atoms with Crippen LogP contribution in [0.4, 0.5) is 0 Å². The van der Waals surface area contributed by atoms with E-state index in [1.165, 1.54) is 0 Å². The molecule has 1 N–H and O–H groups in total. The van der Waals surface area contributed by atoms with E-state index in [9.17, 15) is 0 Å². The molecule has 3 rings (SSSR count). The Balaban J connectivity index is 2.00. The summed E-state index contributed by atoms with van der Waals surface area (Å²) in [5, 5.41) is 19.2. The van der Waals surface area contributed by atoms with Crippen molar-refractivity contribution in [2.45, 2.75) is 6.92 Å². The number of rotatable bonds is 2. The topological polar surface area (TPSA) is 78.2 Å². The van der Waals surface area contributed by atoms with Gasteiger partial charge in [0.1, 0.15) is 11.8 Å². The second-order valence-electron chi connectivity index (χ2n) is 4.02. The summed E-state index contributed by atoms with van der Waals surface area (Å²) in [5.41, 5.74) is 2.95. The number of aromatic nitrogens is 4. The van der Waals surface area contributed by atoms with Crippen molar-refractivity contribution in [3.8, 4) is 27.2 Å². The fraction of sp³-hybridized carbons (Fsp3) is 0.0769. The number of H-pyrrole nitrogens is 1. The lowest BCUT2D eigenvalue weighted by Crippen LogP contribution is -1.80. The van der Waals surface area contributed by atoms with E-state index in [0.717, 1.165) is 21.0 Å². The van der Waals surface area contributed by atoms with Gasteiger partial charge in [-0.2, -0.15) is 15.6 Å². The highest BCUT2D eigenvalue weighted by Gasteiger charge is 2.13. The second-order valence-corrected chi connectivity index (χ2v) is 5.10. The lowest BCUT2D eigenvalue weighted by atomic mass is 10.2. The molecule has 3 aromatic heterocycles. The molecule has 0 aromatic carbocycles. The number of thiophene rings is 1. The minimum absolute atomic E-state index is 0.310. The second kappa shape index (κ2) is 4.63. The van der Waals surface area contributed by atoms with Crippen molar-refractivity contribution in [1.82, 2.24) is 20.4 Å². The molecule has 0 aliphatic carbocycles. The van der Waals surface area contributed by atoms with Crippen LogP contribution in [0.15, 0.2) is 30.5 Å². The summed E-state index contributed by atoms with van der Waals surface area (Å²) in [5.74, 6) is 0. The maximum absolute atomic E-state index is 8.94. The van der Waals surface area contributed by atoms with Crippen LogP contribution in [-0.4, -0.2) is 20.4 Å². The van der Waals surface area contributed by atoms with Crippen LogP contribution in [0.1, 0.15) is 11.3 Å². The first-order valence-electron chi connectivity index (χ1n) is 5.62. The number of hydrogen-bond donors (Lipinski definition) is 1. The van der Waals surface area contributed by atoms with Crippen LogP contribution >= 0.6 is 11.3 Å². The molecule has 3 aromatic rings. The van der Waals surface area contributed by atoms with E-state index in [2.05, 4.69) is 20.4 Å². The van der Waals surface area contributed by atoms with Gasteiger partial charge in [-0.3, -0.25) is 4.98 Å². The number of nitriles is 1. The van der Waals surface area contributed by atoms with Gasteiger partial charge in [-0.05, 0) is 30.7 Å². The average molecular weight is 267 g/mol. The zero-order valence-corrected chi connectivity index (χ0v) is 10.9. The van der Waals surface area contributed by atoms with Gasteiger partial charge < -0.3 is 0 Å². The monoisotopic (exact) mass is 267 g/mol. The molecule has 0 atom stereocenters. The van der Waals surface area contributed by atoms with E-state index in [4.69, 9.17) is 5.26 Å². The Morgan fingerprint density at radius 3 is 2.74 bits per heavy atom. The van der Waals surface area contributed by atoms with E-state index < -0.39 is 0 Å². The molecule has 0 bridgehead atoms. The highest BCUT2D eigenvalue weighted by molar-refractivity contribution is 7.18. The summed E-state index contributed by atoms with van der Waals surface area (Å²) in [6.07, 6.45) is 1.84. The minimum atomic E-state index is 0.310. The van der Waals surface area contributed by atoms with Crippen molar-refractivity contribution in [2.24, 2.45) is 0 Å². The fourth-order valence-corrected chi connectivity index (χ4v) is 2.67. The van der Waals surface area contributed by atoms with Gasteiger partial charge in [0.15, 0.2) is 5.69 Å². The molecular weight excluding hydrogens is 258 g/mol. The smallest absolute Gasteiger partial charge is 0.191 e. The summed E-state index contributed by atoms with van der Waals surface area (Å²) in [6, 6.07) is 9.94. The van der Waals surface area contributed by atoms with Crippen LogP contribution < -0.4 is 0 Å². The third kappa shape index (κ3) is 2.11. The zero-order chi connectivity index (χ0) is 13.2. The van der Waals surface area contributed by atoms with Crippen LogP contribution in [0, 0.1) is 18.3 Å². The number of pyridine rings is 1. The van der Waals surface area contributed by atoms with E-state index >= 15 is 0 Å². The molecule has 3 heterocycles. The molecule has 0 unspecified atom stereocenters. The molecule has 0 aliphatic heterocycles. The molecule has 0 saturated carbocycles. The number of nitrogens with one attached hydrogen (secondary N) is 1. The summed E-state index contributed by atoms with van der Waals surface area (Å²) in [6.45, 7) is 2.01. The third-order valence-electron chi connectivity index (χ3n) is 2.66. The summed E-state index contributed by atoms with van der Waals surface area (Å²) >= 11 is 1.54. The van der Waals surface area contributed by atoms with Gasteiger partial charge in [0.05, 0.1) is 15.4 Å². The SMILES string of the molecule is Cc1ccc(-c2ccc(-c3n[nH]nc3C#N)s2)nc1. The first-order valence-corrected chi connectivity index (χ1v) is 6.43. The summed E-state index contributed by atoms with van der Waals surface area (Å²) in [4.78, 5) is 6.34. The summed E-state index contributed by atoms with van der Waals surface area (Å²) < 4.78 is 0. The maximum Gasteiger partial charge on any atom is 0.191 e. The first-order chi connectivity index (χ1) is 9.28. The molecule has 0 spiro atoms. The predicted octanol–water partition coefficient (Wildman–Crippen LogP) is 2.78. The molecule has 19 heavy (non-hydrogen) atoms. The molecule has 92 valence electrons. The number of hydrogen-bond acceptors (Lipinski definition) is 5. The van der Waals surface area contributed by atoms with Crippen LogP contribution in [0.3, 0.4) is 0 Å². The highest BCUT2D eigenvalue weighted by Crippen LogP contribution is 2.33. The van der Waals surface area contributed by atoms with Gasteiger partial charge >= 0.3 is 0 Å². The Morgan fingerprint density at radius 1 is 1.16 bits per heavy atom. The van der Waals surface area contributed by atoms with Crippen molar-refractivity contribution < 1.29 is 0 Å². The van der Waals surface area contributed by atoms with E-state index in [-0.39, 0.29) is 0 Å². The van der Waals surface area contributed by atoms with Crippen molar-refractivity contribution in [3.05, 3.63) is 41.7 Å². The highest BCUT2D eigenvalue weighted by atomic mass is 32.1. The number of aryl methyl sites for hydroxylation is 1. The molecule has 0 fully saturated rings. The number of aromatic amines is 1. The molecule has 0 saturated heterocycles. The van der Waals surface area contributed by atoms with E-state index in [1.807, 2.05) is 43.5 Å². The Labute approximate surface area is 113 Å². The van der Waals surface area contributed by atoms with Gasteiger partial charge in [-0.1, -0.05) is 6.07 Å². The van der Waals surface area contributed by atoms with Gasteiger partial charge in [0.2, 0.25) is 0 Å². The van der Waals surface area contributed by atoms with Crippen LogP contribution in [0.25, 0.3) is 21.1 Å². The van der Waals surface area contributed by atoms with Gasteiger partial charge in [-0.25, -0.2) is 0 Å². The quantitative estimate of drug-likeness (QED) is 0.774. The van der Waals surface area contributed by atoms with E-state index in [1.54, 1.807) is 11.3 Å². The maximum atomic E-state index is 8.94. The Kier molecular flexibility index (Phi) is 2.82. The normalized spacial score (nSPS) is 10.3. The van der Waals surface area contributed by atoms with Gasteiger partial charge in [0.25, 0.3) is 0 Å². The van der Waals surface area contributed by atoms with Crippen LogP contribution in [0.5, 0.6) is 0 Å². The van der Waals surface area contributed by atoms with Crippen LogP contribution in [0.2, 0.25) is 0 Å². The molecule has 0 amide bonds. The number of nitrogens with zero attached hydrogens (tertiary/aromatic N) is 4. The standard InChI is InChI=1S/C13H9N5S/c1-8-2-3-9(15-7-8)11-4-5-12(19-11)13-10(6-14)16-18-17-13/h2-5,7H,1H3,(H,16,17,18). The van der Waals surface area contributed by atoms with Crippen molar-refractivity contribution in [2.75, 3.05) is 0 Å². The summed E-state index contributed by atoms with van der Waals surface area (Å²) in [7, 11) is 0. The fourth-order valence-electron chi connectivity index (χ4n) is 1.70. The van der Waals surface area contributed by atoms with E-state index in [0.29, 0.717) is 11.4 Å². The minimum Gasteiger partial charge on any atom is -0.255 e. The van der Waals surface area contributed by atoms with Crippen molar-refractivity contribution in [3.63, 3.8) is 0 Å². The Bertz CT molecular complexity index is 748. The molecule has 0 radical (unpaired) electrons. The first kappa shape index (κ1) is 11.6. The largest absolute Gasteiger partial charge is 0.255 e. The van der Waals surface area contributed by atoms with Crippen molar-refractivity contribution >= 4 is 11.3 Å². The Hall–Kier alpha value is -2.52. The predicted molar refractivity (Wildman–Crippen MR) is 72.4 cm³/mol. The molecule has 6 heteroatoms. The van der Waals surface area contributed by atoms with Gasteiger partial charge in [0, 0.05) is 6.20 Å². The lowest BCUT2D eigenvalue weighted by Gasteiger charge is -1.96. The van der Waals surface area contributed by atoms with Gasteiger partial charge in [-0.15, -0.1) is 16.4 Å². The van der Waals surface area contributed by atoms with Crippen molar-refractivity contribution in [1.29, 1.82) is 5.26 Å². The third-order valence-corrected chi connectivity index (χ3v) is 3.77. The molecule has 0 aliphatic rings. The Morgan fingerprint density at radius 2 is 2.00 bits per heavy atom. The lowest BCUT2D eigenvalue weighted by molar-refractivity contribution is 0.937. The average Bonchev–Trinajstić information content (AvgIpc) is 3.07. The zero-order valence-electron chi connectivity index (χ0n) is 10.1. The molecule has 5 nitrogen and oxygen atoms in total. The van der Waals surface area contributed by atoms with Crippen LogP contribution in [-0.2, 0) is 0 Å². The molecular formula is C13H9N5S.